The Balaban J connectivity index is 1.66. The number of hydrogen-bond donors (Lipinski definition) is 2. The van der Waals surface area contributed by atoms with E-state index in [0.717, 1.165) is 17.5 Å². The molecule has 2 aromatic carbocycles. The largest absolute Gasteiger partial charge is 0.356 e. The number of carbonyl (C=O) groups excluding carboxylic acids is 2. The number of sulfonamides is 1. The van der Waals surface area contributed by atoms with Gasteiger partial charge in [0.15, 0.2) is 0 Å². The van der Waals surface area contributed by atoms with E-state index in [2.05, 4.69) is 10.0 Å². The molecule has 0 aliphatic carbocycles. The third kappa shape index (κ3) is 5.68. The Bertz CT molecular complexity index is 1090. The van der Waals surface area contributed by atoms with E-state index < -0.39 is 10.0 Å². The summed E-state index contributed by atoms with van der Waals surface area (Å²) in [4.78, 5) is 27.0. The van der Waals surface area contributed by atoms with E-state index in [1.807, 2.05) is 20.8 Å². The molecule has 0 radical (unpaired) electrons. The van der Waals surface area contributed by atoms with Crippen LogP contribution < -0.4 is 10.0 Å². The van der Waals surface area contributed by atoms with Crippen LogP contribution in [0.25, 0.3) is 0 Å². The molecule has 7 nitrogen and oxygen atoms in total. The van der Waals surface area contributed by atoms with Crippen LogP contribution in [0.2, 0.25) is 0 Å². The van der Waals surface area contributed by atoms with Crippen LogP contribution in [0.3, 0.4) is 0 Å². The third-order valence-corrected chi connectivity index (χ3v) is 7.23. The Labute approximate surface area is 190 Å². The van der Waals surface area contributed by atoms with E-state index in [1.54, 1.807) is 47.4 Å². The highest BCUT2D eigenvalue weighted by atomic mass is 32.2. The van der Waals surface area contributed by atoms with E-state index in [4.69, 9.17) is 0 Å². The Kier molecular flexibility index (Phi) is 7.56. The van der Waals surface area contributed by atoms with Gasteiger partial charge in [-0.2, -0.15) is 0 Å². The molecule has 0 bridgehead atoms. The number of benzene rings is 2. The molecule has 1 fully saturated rings. The molecule has 8 heteroatoms. The van der Waals surface area contributed by atoms with Gasteiger partial charge in [0.25, 0.3) is 15.9 Å². The van der Waals surface area contributed by atoms with Gasteiger partial charge in [0.2, 0.25) is 5.91 Å². The van der Waals surface area contributed by atoms with Crippen LogP contribution in [0.5, 0.6) is 0 Å². The van der Waals surface area contributed by atoms with Crippen molar-refractivity contribution in [2.75, 3.05) is 24.4 Å². The van der Waals surface area contributed by atoms with Crippen LogP contribution >= 0.6 is 0 Å². The first-order valence-corrected chi connectivity index (χ1v) is 12.5. The molecule has 0 spiro atoms. The van der Waals surface area contributed by atoms with Crippen molar-refractivity contribution < 1.29 is 18.0 Å². The summed E-state index contributed by atoms with van der Waals surface area (Å²) >= 11 is 0. The van der Waals surface area contributed by atoms with Gasteiger partial charge >= 0.3 is 0 Å². The molecule has 32 heavy (non-hydrogen) atoms. The van der Waals surface area contributed by atoms with Crippen molar-refractivity contribution in [1.29, 1.82) is 0 Å². The maximum Gasteiger partial charge on any atom is 0.261 e. The average molecular weight is 458 g/mol. The molecule has 0 unspecified atom stereocenters. The van der Waals surface area contributed by atoms with Crippen LogP contribution in [-0.2, 0) is 14.8 Å². The fourth-order valence-corrected chi connectivity index (χ4v) is 4.86. The number of anilines is 1. The maximum absolute atomic E-state index is 13.0. The van der Waals surface area contributed by atoms with Crippen LogP contribution in [0.15, 0.2) is 47.4 Å². The van der Waals surface area contributed by atoms with Gasteiger partial charge in [-0.25, -0.2) is 8.42 Å². The molecule has 2 N–H and O–H groups in total. The number of carbonyl (C=O) groups is 2. The third-order valence-electron chi connectivity index (χ3n) is 5.85. The van der Waals surface area contributed by atoms with Gasteiger partial charge in [-0.3, -0.25) is 14.3 Å². The number of hydrogen-bond acceptors (Lipinski definition) is 4. The average Bonchev–Trinajstić information content (AvgIpc) is 2.78. The molecule has 3 rings (SSSR count). The van der Waals surface area contributed by atoms with Gasteiger partial charge in [0.1, 0.15) is 0 Å². The van der Waals surface area contributed by atoms with E-state index >= 15 is 0 Å². The van der Waals surface area contributed by atoms with E-state index in [9.17, 15) is 18.0 Å². The first kappa shape index (κ1) is 23.8. The molecule has 1 heterocycles. The van der Waals surface area contributed by atoms with Gasteiger partial charge in [0.05, 0.1) is 4.90 Å². The maximum atomic E-state index is 13.0. The Hall–Kier alpha value is -2.87. The Morgan fingerprint density at radius 1 is 1.03 bits per heavy atom. The predicted molar refractivity (Wildman–Crippen MR) is 125 cm³/mol. The summed E-state index contributed by atoms with van der Waals surface area (Å²) in [6.45, 7) is 7.47. The Morgan fingerprint density at radius 2 is 1.75 bits per heavy atom. The predicted octanol–water partition coefficient (Wildman–Crippen LogP) is 3.48. The first-order valence-electron chi connectivity index (χ1n) is 11.0. The lowest BCUT2D eigenvalue weighted by atomic mass is 9.95. The first-order chi connectivity index (χ1) is 15.2. The summed E-state index contributed by atoms with van der Waals surface area (Å²) in [5, 5.41) is 2.92. The second-order valence-corrected chi connectivity index (χ2v) is 9.97. The van der Waals surface area contributed by atoms with Crippen molar-refractivity contribution in [3.63, 3.8) is 0 Å². The summed E-state index contributed by atoms with van der Waals surface area (Å²) in [7, 11) is -3.76. The van der Waals surface area contributed by atoms with Gasteiger partial charge < -0.3 is 10.2 Å². The lowest BCUT2D eigenvalue weighted by molar-refractivity contribution is -0.126. The molecular formula is C24H31N3O4S. The highest BCUT2D eigenvalue weighted by Gasteiger charge is 2.27. The van der Waals surface area contributed by atoms with E-state index in [-0.39, 0.29) is 22.6 Å². The molecule has 0 saturated carbocycles. The zero-order valence-electron chi connectivity index (χ0n) is 18.8. The van der Waals surface area contributed by atoms with E-state index in [0.29, 0.717) is 43.7 Å². The van der Waals surface area contributed by atoms with Crippen molar-refractivity contribution in [1.82, 2.24) is 10.2 Å². The number of aryl methyl sites for hydroxylation is 2. The highest BCUT2D eigenvalue weighted by molar-refractivity contribution is 7.92. The standard InChI is InChI=1S/C24H31N3O4S/c1-4-12-25-23(28)19-10-13-27(14-11-19)24(29)20-6-5-7-21(16-20)26-32(30,31)22-9-8-17(2)18(3)15-22/h5-9,15-16,19,26H,4,10-14H2,1-3H3,(H,25,28). The van der Waals surface area contributed by atoms with Crippen LogP contribution in [0, 0.1) is 19.8 Å². The summed E-state index contributed by atoms with van der Waals surface area (Å²) in [5.41, 5.74) is 2.66. The van der Waals surface area contributed by atoms with Crippen LogP contribution in [0.4, 0.5) is 5.69 Å². The number of likely N-dealkylation sites (tertiary alicyclic amines) is 1. The molecule has 2 aromatic rings. The number of rotatable bonds is 7. The summed E-state index contributed by atoms with van der Waals surface area (Å²) < 4.78 is 28.1. The monoisotopic (exact) mass is 457 g/mol. The van der Waals surface area contributed by atoms with Crippen LogP contribution in [0.1, 0.15) is 47.7 Å². The minimum atomic E-state index is -3.76. The van der Waals surface area contributed by atoms with Gasteiger partial charge in [-0.05, 0) is 74.6 Å². The van der Waals surface area contributed by atoms with Crippen molar-refractivity contribution in [2.24, 2.45) is 5.92 Å². The smallest absolute Gasteiger partial charge is 0.261 e. The Morgan fingerprint density at radius 3 is 2.41 bits per heavy atom. The zero-order valence-corrected chi connectivity index (χ0v) is 19.7. The van der Waals surface area contributed by atoms with Crippen molar-refractivity contribution in [3.8, 4) is 0 Å². The van der Waals surface area contributed by atoms with Gasteiger partial charge in [-0.1, -0.05) is 19.1 Å². The minimum absolute atomic E-state index is 0.0571. The number of nitrogens with zero attached hydrogens (tertiary/aromatic N) is 1. The highest BCUT2D eigenvalue weighted by Crippen LogP contribution is 2.22. The molecule has 2 amide bonds. The van der Waals surface area contributed by atoms with Crippen LogP contribution in [-0.4, -0.2) is 44.8 Å². The normalized spacial score (nSPS) is 14.8. The topological polar surface area (TPSA) is 95.6 Å². The molecule has 172 valence electrons. The summed E-state index contributed by atoms with van der Waals surface area (Å²) in [6, 6.07) is 11.5. The van der Waals surface area contributed by atoms with E-state index in [1.165, 1.54) is 0 Å². The van der Waals surface area contributed by atoms with Crippen molar-refractivity contribution in [2.45, 2.75) is 44.9 Å². The van der Waals surface area contributed by atoms with Crippen molar-refractivity contribution >= 4 is 27.5 Å². The van der Waals surface area contributed by atoms with Gasteiger partial charge in [-0.15, -0.1) is 0 Å². The fraction of sp³-hybridized carbons (Fsp3) is 0.417. The van der Waals surface area contributed by atoms with Gasteiger partial charge in [0, 0.05) is 36.8 Å². The SMILES string of the molecule is CCCNC(=O)C1CCN(C(=O)c2cccc(NS(=O)(=O)c3ccc(C)c(C)c3)c2)CC1. The lowest BCUT2D eigenvalue weighted by Gasteiger charge is -2.31. The molecule has 0 aromatic heterocycles. The molecular weight excluding hydrogens is 426 g/mol. The quantitative estimate of drug-likeness (QED) is 0.665. The second-order valence-electron chi connectivity index (χ2n) is 8.29. The zero-order chi connectivity index (χ0) is 23.3. The lowest BCUT2D eigenvalue weighted by Crippen LogP contribution is -2.43. The molecule has 1 aliphatic rings. The van der Waals surface area contributed by atoms with Crippen molar-refractivity contribution in [3.05, 3.63) is 59.2 Å². The fourth-order valence-electron chi connectivity index (χ4n) is 3.73. The molecule has 1 aliphatic heterocycles. The summed E-state index contributed by atoms with van der Waals surface area (Å²) in [6.07, 6.45) is 2.15. The number of piperidine rings is 1. The molecule has 0 atom stereocenters. The number of amides is 2. The minimum Gasteiger partial charge on any atom is -0.356 e. The second kappa shape index (κ2) is 10.2. The molecule has 1 saturated heterocycles. The number of nitrogens with one attached hydrogen (secondary N) is 2. The summed E-state index contributed by atoms with van der Waals surface area (Å²) in [5.74, 6) is -0.173.